The lowest BCUT2D eigenvalue weighted by Crippen LogP contribution is -2.45. The van der Waals surface area contributed by atoms with Crippen LogP contribution < -0.4 is 0 Å². The van der Waals surface area contributed by atoms with E-state index in [0.29, 0.717) is 5.82 Å². The fourth-order valence-electron chi connectivity index (χ4n) is 2.94. The van der Waals surface area contributed by atoms with Crippen LogP contribution in [0.25, 0.3) is 0 Å². The second-order valence-electron chi connectivity index (χ2n) is 6.50. The number of aromatic nitrogens is 2. The van der Waals surface area contributed by atoms with Crippen LogP contribution in [0.1, 0.15) is 64.6 Å². The van der Waals surface area contributed by atoms with E-state index >= 15 is 0 Å². The van der Waals surface area contributed by atoms with Gasteiger partial charge in [0.15, 0.2) is 5.03 Å². The Balaban J connectivity index is 2.30. The molecule has 0 aromatic carbocycles. The SMILES string of the molecule is CC(O)CN(C1CCCCC1)S(=O)(=O)c1cnc(C(C)C)[nH]1. The molecule has 0 aliphatic heterocycles. The molecular weight excluding hydrogens is 302 g/mol. The van der Waals surface area contributed by atoms with E-state index in [1.165, 1.54) is 10.5 Å². The van der Waals surface area contributed by atoms with Gasteiger partial charge in [0.05, 0.1) is 12.3 Å². The topological polar surface area (TPSA) is 86.3 Å². The van der Waals surface area contributed by atoms with Crippen molar-refractivity contribution < 1.29 is 13.5 Å². The van der Waals surface area contributed by atoms with Crippen molar-refractivity contribution in [1.29, 1.82) is 0 Å². The zero-order valence-electron chi connectivity index (χ0n) is 13.6. The number of sulfonamides is 1. The van der Waals surface area contributed by atoms with Gasteiger partial charge in [0.2, 0.25) is 0 Å². The first-order valence-electron chi connectivity index (χ1n) is 8.07. The molecule has 0 bridgehead atoms. The van der Waals surface area contributed by atoms with E-state index in [1.807, 2.05) is 13.8 Å². The molecule has 1 unspecified atom stereocenters. The summed E-state index contributed by atoms with van der Waals surface area (Å²) in [6.07, 6.45) is 5.65. The monoisotopic (exact) mass is 329 g/mol. The van der Waals surface area contributed by atoms with Crippen molar-refractivity contribution >= 4 is 10.0 Å². The average Bonchev–Trinajstić information content (AvgIpc) is 2.96. The van der Waals surface area contributed by atoms with Gasteiger partial charge in [0, 0.05) is 18.5 Å². The number of nitrogens with zero attached hydrogens (tertiary/aromatic N) is 2. The highest BCUT2D eigenvalue weighted by Crippen LogP contribution is 2.28. The molecule has 2 rings (SSSR count). The fraction of sp³-hybridized carbons (Fsp3) is 0.800. The predicted molar refractivity (Wildman–Crippen MR) is 85.1 cm³/mol. The number of aliphatic hydroxyl groups excluding tert-OH is 1. The molecule has 7 heteroatoms. The number of imidazole rings is 1. The Morgan fingerprint density at radius 3 is 2.45 bits per heavy atom. The lowest BCUT2D eigenvalue weighted by Gasteiger charge is -2.33. The lowest BCUT2D eigenvalue weighted by molar-refractivity contribution is 0.136. The van der Waals surface area contributed by atoms with Crippen LogP contribution in [0.15, 0.2) is 11.2 Å². The van der Waals surface area contributed by atoms with E-state index < -0.39 is 16.1 Å². The first kappa shape index (κ1) is 17.4. The van der Waals surface area contributed by atoms with Crippen LogP contribution in [0.2, 0.25) is 0 Å². The van der Waals surface area contributed by atoms with Crippen LogP contribution in [0, 0.1) is 0 Å². The molecule has 1 saturated carbocycles. The Labute approximate surface area is 133 Å². The Morgan fingerprint density at radius 1 is 1.32 bits per heavy atom. The van der Waals surface area contributed by atoms with Crippen molar-refractivity contribution in [3.05, 3.63) is 12.0 Å². The van der Waals surface area contributed by atoms with Crippen molar-refractivity contribution in [2.45, 2.75) is 76.0 Å². The Kier molecular flexibility index (Phi) is 5.63. The highest BCUT2D eigenvalue weighted by molar-refractivity contribution is 7.89. The number of hydrogen-bond acceptors (Lipinski definition) is 4. The van der Waals surface area contributed by atoms with Gasteiger partial charge < -0.3 is 10.1 Å². The highest BCUT2D eigenvalue weighted by Gasteiger charge is 2.34. The van der Waals surface area contributed by atoms with Crippen LogP contribution in [0.5, 0.6) is 0 Å². The van der Waals surface area contributed by atoms with Crippen molar-refractivity contribution in [1.82, 2.24) is 14.3 Å². The van der Waals surface area contributed by atoms with E-state index in [0.717, 1.165) is 32.1 Å². The van der Waals surface area contributed by atoms with Gasteiger partial charge in [-0.3, -0.25) is 0 Å². The maximum atomic E-state index is 12.9. The first-order chi connectivity index (χ1) is 10.3. The molecule has 1 aliphatic carbocycles. The third-order valence-electron chi connectivity index (χ3n) is 4.13. The number of aliphatic hydroxyl groups is 1. The molecule has 2 N–H and O–H groups in total. The molecule has 1 aliphatic rings. The normalized spacial score (nSPS) is 19.0. The summed E-state index contributed by atoms with van der Waals surface area (Å²) in [5.41, 5.74) is 0. The zero-order valence-corrected chi connectivity index (χ0v) is 14.4. The smallest absolute Gasteiger partial charge is 0.260 e. The van der Waals surface area contributed by atoms with Crippen LogP contribution in [0.3, 0.4) is 0 Å². The zero-order chi connectivity index (χ0) is 16.3. The molecule has 0 spiro atoms. The maximum absolute atomic E-state index is 12.9. The highest BCUT2D eigenvalue weighted by atomic mass is 32.2. The summed E-state index contributed by atoms with van der Waals surface area (Å²) < 4.78 is 27.4. The maximum Gasteiger partial charge on any atom is 0.260 e. The molecule has 1 atom stereocenters. The van der Waals surface area contributed by atoms with Gasteiger partial charge in [-0.15, -0.1) is 0 Å². The van der Waals surface area contributed by atoms with Gasteiger partial charge in [-0.2, -0.15) is 4.31 Å². The third kappa shape index (κ3) is 3.88. The van der Waals surface area contributed by atoms with Crippen molar-refractivity contribution in [2.75, 3.05) is 6.54 Å². The van der Waals surface area contributed by atoms with Crippen LogP contribution in [-0.2, 0) is 10.0 Å². The second-order valence-corrected chi connectivity index (χ2v) is 8.36. The van der Waals surface area contributed by atoms with E-state index in [-0.39, 0.29) is 23.5 Å². The third-order valence-corrected chi connectivity index (χ3v) is 5.96. The van der Waals surface area contributed by atoms with Gasteiger partial charge >= 0.3 is 0 Å². The summed E-state index contributed by atoms with van der Waals surface area (Å²) in [7, 11) is -3.65. The average molecular weight is 329 g/mol. The summed E-state index contributed by atoms with van der Waals surface area (Å²) >= 11 is 0. The largest absolute Gasteiger partial charge is 0.392 e. The van der Waals surface area contributed by atoms with Gasteiger partial charge in [-0.05, 0) is 19.8 Å². The molecule has 22 heavy (non-hydrogen) atoms. The minimum Gasteiger partial charge on any atom is -0.392 e. The second kappa shape index (κ2) is 7.10. The fourth-order valence-corrected chi connectivity index (χ4v) is 4.63. The Bertz CT molecular complexity index is 575. The number of rotatable bonds is 6. The standard InChI is InChI=1S/C15H27N3O3S/c1-11(2)15-16-9-14(17-15)22(20,21)18(10-12(3)19)13-7-5-4-6-8-13/h9,11-13,19H,4-8,10H2,1-3H3,(H,16,17). The summed E-state index contributed by atoms with van der Waals surface area (Å²) in [5, 5.41) is 9.85. The van der Waals surface area contributed by atoms with Gasteiger partial charge in [0.25, 0.3) is 10.0 Å². The van der Waals surface area contributed by atoms with Crippen LogP contribution >= 0.6 is 0 Å². The summed E-state index contributed by atoms with van der Waals surface area (Å²) in [6.45, 7) is 5.68. The number of aromatic amines is 1. The van der Waals surface area contributed by atoms with E-state index in [4.69, 9.17) is 0 Å². The van der Waals surface area contributed by atoms with E-state index in [2.05, 4.69) is 9.97 Å². The van der Waals surface area contributed by atoms with Crippen LogP contribution in [-0.4, -0.2) is 46.5 Å². The Hall–Kier alpha value is -0.920. The summed E-state index contributed by atoms with van der Waals surface area (Å²) in [6, 6.07) is -0.0286. The van der Waals surface area contributed by atoms with Crippen LogP contribution in [0.4, 0.5) is 0 Å². The molecule has 1 aromatic heterocycles. The lowest BCUT2D eigenvalue weighted by atomic mass is 9.95. The number of H-pyrrole nitrogens is 1. The van der Waals surface area contributed by atoms with Gasteiger partial charge in [-0.25, -0.2) is 13.4 Å². The molecule has 6 nitrogen and oxygen atoms in total. The summed E-state index contributed by atoms with van der Waals surface area (Å²) in [5.74, 6) is 0.808. The van der Waals surface area contributed by atoms with Gasteiger partial charge in [0.1, 0.15) is 5.82 Å². The molecule has 0 amide bonds. The molecule has 0 saturated heterocycles. The molecule has 1 aromatic rings. The number of nitrogens with one attached hydrogen (secondary N) is 1. The van der Waals surface area contributed by atoms with Crippen molar-refractivity contribution in [3.63, 3.8) is 0 Å². The summed E-state index contributed by atoms with van der Waals surface area (Å²) in [4.78, 5) is 7.09. The van der Waals surface area contributed by atoms with Crippen molar-refractivity contribution in [2.24, 2.45) is 0 Å². The molecule has 0 radical (unpaired) electrons. The Morgan fingerprint density at radius 2 is 1.95 bits per heavy atom. The number of hydrogen-bond donors (Lipinski definition) is 2. The molecule has 1 fully saturated rings. The molecule has 1 heterocycles. The quantitative estimate of drug-likeness (QED) is 0.838. The minimum atomic E-state index is -3.65. The molecular formula is C15H27N3O3S. The molecule has 126 valence electrons. The first-order valence-corrected chi connectivity index (χ1v) is 9.51. The van der Waals surface area contributed by atoms with Crippen molar-refractivity contribution in [3.8, 4) is 0 Å². The predicted octanol–water partition coefficient (Wildman–Crippen LogP) is 2.24. The van der Waals surface area contributed by atoms with Gasteiger partial charge in [-0.1, -0.05) is 33.1 Å². The van der Waals surface area contributed by atoms with E-state index in [1.54, 1.807) is 6.92 Å². The van der Waals surface area contributed by atoms with E-state index in [9.17, 15) is 13.5 Å². The minimum absolute atomic E-state index is 0.0286.